The van der Waals surface area contributed by atoms with Crippen LogP contribution in [0.15, 0.2) is 0 Å². The number of unbranched alkanes of at least 4 members (excludes halogenated alkanes) is 1. The predicted octanol–water partition coefficient (Wildman–Crippen LogP) is 2.78. The summed E-state index contributed by atoms with van der Waals surface area (Å²) in [6.45, 7) is 3.81. The number of aryl methyl sites for hydroxylation is 1. The second kappa shape index (κ2) is 7.02. The van der Waals surface area contributed by atoms with Gasteiger partial charge in [-0.3, -0.25) is 4.79 Å². The van der Waals surface area contributed by atoms with E-state index >= 15 is 0 Å². The predicted molar refractivity (Wildman–Crippen MR) is 81.7 cm³/mol. The SMILES string of the molecule is CCCC[C@H](NC(=O)c1sc(CC2CC2)nc1C)C(=O)O. The topological polar surface area (TPSA) is 79.3 Å². The number of nitrogens with zero attached hydrogens (tertiary/aromatic N) is 1. The lowest BCUT2D eigenvalue weighted by Crippen LogP contribution is -2.40. The van der Waals surface area contributed by atoms with Gasteiger partial charge in [0.2, 0.25) is 0 Å². The molecule has 6 heteroatoms. The Hall–Kier alpha value is -1.43. The van der Waals surface area contributed by atoms with E-state index in [9.17, 15) is 14.7 Å². The second-order valence-electron chi connectivity index (χ2n) is 5.68. The molecule has 1 aromatic heterocycles. The van der Waals surface area contributed by atoms with Crippen molar-refractivity contribution in [2.75, 3.05) is 0 Å². The molecule has 21 heavy (non-hydrogen) atoms. The summed E-state index contributed by atoms with van der Waals surface area (Å²) in [7, 11) is 0. The number of carboxylic acid groups (broad SMARTS) is 1. The van der Waals surface area contributed by atoms with E-state index in [2.05, 4.69) is 10.3 Å². The molecule has 1 heterocycles. The van der Waals surface area contributed by atoms with Crippen LogP contribution < -0.4 is 5.32 Å². The number of thiazole rings is 1. The number of rotatable bonds is 8. The fraction of sp³-hybridized carbons (Fsp3) is 0.667. The molecule has 2 N–H and O–H groups in total. The smallest absolute Gasteiger partial charge is 0.326 e. The van der Waals surface area contributed by atoms with Gasteiger partial charge in [-0.25, -0.2) is 9.78 Å². The fourth-order valence-electron chi connectivity index (χ4n) is 2.21. The largest absolute Gasteiger partial charge is 0.480 e. The Kier molecular flexibility index (Phi) is 5.33. The van der Waals surface area contributed by atoms with Gasteiger partial charge in [-0.15, -0.1) is 11.3 Å². The van der Waals surface area contributed by atoms with Crippen LogP contribution in [0, 0.1) is 12.8 Å². The molecule has 0 radical (unpaired) electrons. The monoisotopic (exact) mass is 310 g/mol. The summed E-state index contributed by atoms with van der Waals surface area (Å²) in [6.07, 6.45) is 5.59. The van der Waals surface area contributed by atoms with E-state index in [1.807, 2.05) is 13.8 Å². The number of aromatic nitrogens is 1. The molecule has 0 aliphatic heterocycles. The van der Waals surface area contributed by atoms with E-state index in [0.717, 1.165) is 30.2 Å². The Morgan fingerprint density at radius 3 is 2.76 bits per heavy atom. The highest BCUT2D eigenvalue weighted by Gasteiger charge is 2.26. The van der Waals surface area contributed by atoms with Crippen molar-refractivity contribution < 1.29 is 14.7 Å². The summed E-state index contributed by atoms with van der Waals surface area (Å²) >= 11 is 1.40. The second-order valence-corrected chi connectivity index (χ2v) is 6.76. The van der Waals surface area contributed by atoms with Gasteiger partial charge in [0, 0.05) is 6.42 Å². The molecule has 2 rings (SSSR count). The van der Waals surface area contributed by atoms with E-state index in [0.29, 0.717) is 17.0 Å². The Balaban J connectivity index is 2.00. The van der Waals surface area contributed by atoms with E-state index in [1.54, 1.807) is 0 Å². The summed E-state index contributed by atoms with van der Waals surface area (Å²) in [6, 6.07) is -0.814. The quantitative estimate of drug-likeness (QED) is 0.774. The number of amides is 1. The number of aliphatic carboxylic acids is 1. The van der Waals surface area contributed by atoms with Crippen molar-refractivity contribution >= 4 is 23.2 Å². The fourth-order valence-corrected chi connectivity index (χ4v) is 3.29. The molecule has 0 bridgehead atoms. The van der Waals surface area contributed by atoms with Crippen molar-refractivity contribution in [1.82, 2.24) is 10.3 Å². The van der Waals surface area contributed by atoms with E-state index in [1.165, 1.54) is 24.2 Å². The molecule has 0 unspecified atom stereocenters. The van der Waals surface area contributed by atoms with E-state index < -0.39 is 12.0 Å². The maximum absolute atomic E-state index is 12.3. The summed E-state index contributed by atoms with van der Waals surface area (Å²) in [5.41, 5.74) is 0.702. The number of carboxylic acids is 1. The van der Waals surface area contributed by atoms with Crippen LogP contribution in [-0.2, 0) is 11.2 Å². The van der Waals surface area contributed by atoms with Crippen LogP contribution >= 0.6 is 11.3 Å². The Morgan fingerprint density at radius 1 is 1.48 bits per heavy atom. The van der Waals surface area contributed by atoms with Crippen LogP contribution in [0.25, 0.3) is 0 Å². The van der Waals surface area contributed by atoms with Crippen molar-refractivity contribution in [3.63, 3.8) is 0 Å². The molecule has 0 aromatic carbocycles. The molecule has 116 valence electrons. The van der Waals surface area contributed by atoms with Crippen molar-refractivity contribution in [3.05, 3.63) is 15.6 Å². The third-order valence-electron chi connectivity index (χ3n) is 3.66. The summed E-state index contributed by atoms with van der Waals surface area (Å²) in [5.74, 6) is -0.560. The summed E-state index contributed by atoms with van der Waals surface area (Å²) in [4.78, 5) is 28.4. The van der Waals surface area contributed by atoms with Gasteiger partial charge in [0.1, 0.15) is 10.9 Å². The lowest BCUT2D eigenvalue weighted by molar-refractivity contribution is -0.139. The first-order chi connectivity index (χ1) is 10.0. The van der Waals surface area contributed by atoms with Crippen LogP contribution in [0.5, 0.6) is 0 Å². The standard InChI is InChI=1S/C15H22N2O3S/c1-3-4-5-11(15(19)20)17-14(18)13-9(2)16-12(21-13)8-10-6-7-10/h10-11H,3-8H2,1-2H3,(H,17,18)(H,19,20)/t11-/m0/s1. The van der Waals surface area contributed by atoms with Gasteiger partial charge in [0.05, 0.1) is 10.7 Å². The van der Waals surface area contributed by atoms with Crippen LogP contribution in [0.2, 0.25) is 0 Å². The molecule has 1 saturated carbocycles. The molecule has 0 saturated heterocycles. The third-order valence-corrected chi connectivity index (χ3v) is 4.84. The normalized spacial score (nSPS) is 15.7. The number of carbonyl (C=O) groups excluding carboxylic acids is 1. The highest BCUT2D eigenvalue weighted by Crippen LogP contribution is 2.34. The first-order valence-corrected chi connectivity index (χ1v) is 8.32. The van der Waals surface area contributed by atoms with Crippen LogP contribution in [-0.4, -0.2) is 28.0 Å². The zero-order valence-corrected chi connectivity index (χ0v) is 13.3. The molecule has 5 nitrogen and oxygen atoms in total. The average molecular weight is 310 g/mol. The van der Waals surface area contributed by atoms with Crippen molar-refractivity contribution in [2.45, 2.75) is 58.4 Å². The molecule has 1 aromatic rings. The van der Waals surface area contributed by atoms with Crippen LogP contribution in [0.4, 0.5) is 0 Å². The number of hydrogen-bond donors (Lipinski definition) is 2. The van der Waals surface area contributed by atoms with Crippen molar-refractivity contribution in [2.24, 2.45) is 5.92 Å². The van der Waals surface area contributed by atoms with Gasteiger partial charge < -0.3 is 10.4 Å². The van der Waals surface area contributed by atoms with Gasteiger partial charge in [0.25, 0.3) is 5.91 Å². The Morgan fingerprint density at radius 2 is 2.19 bits per heavy atom. The first kappa shape index (κ1) is 15.9. The number of nitrogens with one attached hydrogen (secondary N) is 1. The summed E-state index contributed by atoms with van der Waals surface area (Å²) < 4.78 is 0. The molecule has 1 fully saturated rings. The Labute approximate surface area is 128 Å². The highest BCUT2D eigenvalue weighted by atomic mass is 32.1. The zero-order valence-electron chi connectivity index (χ0n) is 12.5. The maximum atomic E-state index is 12.3. The summed E-state index contributed by atoms with van der Waals surface area (Å²) in [5, 5.41) is 12.8. The van der Waals surface area contributed by atoms with Crippen molar-refractivity contribution in [3.8, 4) is 0 Å². The van der Waals surface area contributed by atoms with Gasteiger partial charge in [0.15, 0.2) is 0 Å². The Bertz CT molecular complexity index is 523. The maximum Gasteiger partial charge on any atom is 0.326 e. The van der Waals surface area contributed by atoms with Crippen LogP contribution in [0.1, 0.15) is 59.4 Å². The molecule has 1 aliphatic carbocycles. The van der Waals surface area contributed by atoms with Gasteiger partial charge in [-0.1, -0.05) is 19.8 Å². The van der Waals surface area contributed by atoms with Crippen molar-refractivity contribution in [1.29, 1.82) is 0 Å². The average Bonchev–Trinajstić information content (AvgIpc) is 3.16. The molecule has 0 spiro atoms. The zero-order chi connectivity index (χ0) is 15.4. The lowest BCUT2D eigenvalue weighted by atomic mass is 10.1. The lowest BCUT2D eigenvalue weighted by Gasteiger charge is -2.13. The third kappa shape index (κ3) is 4.52. The molecule has 1 atom stereocenters. The van der Waals surface area contributed by atoms with E-state index in [-0.39, 0.29) is 5.91 Å². The molecular formula is C15H22N2O3S. The van der Waals surface area contributed by atoms with Gasteiger partial charge in [-0.2, -0.15) is 0 Å². The molecular weight excluding hydrogens is 288 g/mol. The van der Waals surface area contributed by atoms with Gasteiger partial charge >= 0.3 is 5.97 Å². The first-order valence-electron chi connectivity index (χ1n) is 7.51. The minimum absolute atomic E-state index is 0.310. The molecule has 1 amide bonds. The minimum Gasteiger partial charge on any atom is -0.480 e. The van der Waals surface area contributed by atoms with Crippen LogP contribution in [0.3, 0.4) is 0 Å². The molecule has 1 aliphatic rings. The number of carbonyl (C=O) groups is 2. The van der Waals surface area contributed by atoms with Gasteiger partial charge in [-0.05, 0) is 32.1 Å². The van der Waals surface area contributed by atoms with E-state index in [4.69, 9.17) is 0 Å². The number of hydrogen-bond acceptors (Lipinski definition) is 4. The highest BCUT2D eigenvalue weighted by molar-refractivity contribution is 7.13. The minimum atomic E-state index is -0.975.